The second kappa shape index (κ2) is 4.23. The molecular weight excluding hydrogens is 292 g/mol. The molecule has 1 aliphatic heterocycles. The maximum Gasteiger partial charge on any atom is 0.313 e. The van der Waals surface area contributed by atoms with Gasteiger partial charge in [0.2, 0.25) is 0 Å². The van der Waals surface area contributed by atoms with Gasteiger partial charge >= 0.3 is 5.97 Å². The maximum atomic E-state index is 12.1. The van der Waals surface area contributed by atoms with E-state index in [4.69, 9.17) is 4.74 Å². The number of halogens is 1. The summed E-state index contributed by atoms with van der Waals surface area (Å²) in [5.41, 5.74) is 2.02. The van der Waals surface area contributed by atoms with Crippen LogP contribution in [0.4, 0.5) is 0 Å². The third-order valence-corrected chi connectivity index (χ3v) is 4.61. The number of esters is 1. The number of hydrogen-bond acceptors (Lipinski definition) is 2. The Labute approximate surface area is 115 Å². The molecule has 2 nitrogen and oxygen atoms in total. The Bertz CT molecular complexity index is 523. The summed E-state index contributed by atoms with van der Waals surface area (Å²) in [4.78, 5) is 12.1. The molecule has 0 radical (unpaired) electrons. The first kappa shape index (κ1) is 12.0. The first-order chi connectivity index (χ1) is 8.60. The Kier molecular flexibility index (Phi) is 2.81. The van der Waals surface area contributed by atoms with E-state index in [1.807, 2.05) is 12.1 Å². The summed E-state index contributed by atoms with van der Waals surface area (Å²) in [7, 11) is 0. The SMILES string of the molecule is C=C1C[C@@H]2COC(=O)[C@]2(Cc2cccc(Br)c2)C1. The molecule has 0 aromatic heterocycles. The molecule has 3 rings (SSSR count). The van der Waals surface area contributed by atoms with Gasteiger partial charge in [-0.15, -0.1) is 0 Å². The van der Waals surface area contributed by atoms with E-state index in [0.717, 1.165) is 23.7 Å². The van der Waals surface area contributed by atoms with Crippen LogP contribution in [-0.4, -0.2) is 12.6 Å². The van der Waals surface area contributed by atoms with Gasteiger partial charge in [0.25, 0.3) is 0 Å². The van der Waals surface area contributed by atoms with Crippen molar-refractivity contribution in [3.05, 3.63) is 46.5 Å². The summed E-state index contributed by atoms with van der Waals surface area (Å²) in [6.07, 6.45) is 2.47. The molecule has 1 aromatic carbocycles. The lowest BCUT2D eigenvalue weighted by Gasteiger charge is -2.24. The van der Waals surface area contributed by atoms with Gasteiger partial charge in [0, 0.05) is 10.4 Å². The van der Waals surface area contributed by atoms with Crippen LogP contribution in [0.25, 0.3) is 0 Å². The third-order valence-electron chi connectivity index (χ3n) is 4.11. The number of cyclic esters (lactones) is 1. The van der Waals surface area contributed by atoms with E-state index in [-0.39, 0.29) is 11.4 Å². The van der Waals surface area contributed by atoms with Crippen LogP contribution in [0.3, 0.4) is 0 Å². The summed E-state index contributed by atoms with van der Waals surface area (Å²) >= 11 is 3.48. The van der Waals surface area contributed by atoms with E-state index in [1.165, 1.54) is 11.1 Å². The number of rotatable bonds is 2. The largest absolute Gasteiger partial charge is 0.465 e. The lowest BCUT2D eigenvalue weighted by atomic mass is 9.75. The zero-order chi connectivity index (χ0) is 12.8. The van der Waals surface area contributed by atoms with Gasteiger partial charge in [-0.3, -0.25) is 4.79 Å². The zero-order valence-corrected chi connectivity index (χ0v) is 11.7. The van der Waals surface area contributed by atoms with Gasteiger partial charge in [-0.05, 0) is 37.0 Å². The summed E-state index contributed by atoms with van der Waals surface area (Å²) in [6.45, 7) is 4.62. The number of allylic oxidation sites excluding steroid dienone is 1. The summed E-state index contributed by atoms with van der Waals surface area (Å²) in [5, 5.41) is 0. The first-order valence-electron chi connectivity index (χ1n) is 6.18. The average Bonchev–Trinajstić information content (AvgIpc) is 2.76. The molecule has 1 heterocycles. The minimum Gasteiger partial charge on any atom is -0.465 e. The van der Waals surface area contributed by atoms with Crippen LogP contribution >= 0.6 is 15.9 Å². The van der Waals surface area contributed by atoms with E-state index in [0.29, 0.717) is 12.5 Å². The van der Waals surface area contributed by atoms with Crippen LogP contribution < -0.4 is 0 Å². The molecule has 0 N–H and O–H groups in total. The Hall–Kier alpha value is -1.09. The van der Waals surface area contributed by atoms with Crippen molar-refractivity contribution >= 4 is 21.9 Å². The van der Waals surface area contributed by atoms with Gasteiger partial charge in [0.1, 0.15) is 0 Å². The molecule has 1 aliphatic carbocycles. The fourth-order valence-electron chi connectivity index (χ4n) is 3.27. The second-order valence-corrected chi connectivity index (χ2v) is 6.30. The van der Waals surface area contributed by atoms with Crippen LogP contribution in [0.2, 0.25) is 0 Å². The van der Waals surface area contributed by atoms with Crippen molar-refractivity contribution in [3.8, 4) is 0 Å². The Morgan fingerprint density at radius 2 is 2.33 bits per heavy atom. The Morgan fingerprint density at radius 3 is 3.11 bits per heavy atom. The third kappa shape index (κ3) is 1.81. The number of hydrogen-bond donors (Lipinski definition) is 0. The van der Waals surface area contributed by atoms with Crippen molar-refractivity contribution < 1.29 is 9.53 Å². The standard InChI is InChI=1S/C15H15BrO2/c1-10-5-12-9-18-14(17)15(12,7-10)8-11-3-2-4-13(16)6-11/h2-4,6,12H,1,5,7-9H2/t12-,15+/m1/s1. The molecule has 1 aromatic rings. The van der Waals surface area contributed by atoms with Crippen molar-refractivity contribution in [1.82, 2.24) is 0 Å². The van der Waals surface area contributed by atoms with Gasteiger partial charge in [0.15, 0.2) is 0 Å². The summed E-state index contributed by atoms with van der Waals surface area (Å²) in [6, 6.07) is 8.16. The predicted octanol–water partition coefficient (Wildman–Crippen LogP) is 3.50. The molecule has 2 atom stereocenters. The van der Waals surface area contributed by atoms with Crippen LogP contribution in [0, 0.1) is 11.3 Å². The lowest BCUT2D eigenvalue weighted by molar-refractivity contribution is -0.146. The molecule has 1 saturated carbocycles. The second-order valence-electron chi connectivity index (χ2n) is 5.39. The number of carbonyl (C=O) groups is 1. The fourth-order valence-corrected chi connectivity index (χ4v) is 3.72. The number of fused-ring (bicyclic) bond motifs is 1. The van der Waals surface area contributed by atoms with Gasteiger partial charge in [-0.1, -0.05) is 40.2 Å². The monoisotopic (exact) mass is 306 g/mol. The fraction of sp³-hybridized carbons (Fsp3) is 0.400. The highest BCUT2D eigenvalue weighted by Gasteiger charge is 2.55. The van der Waals surface area contributed by atoms with Crippen molar-refractivity contribution in [2.45, 2.75) is 19.3 Å². The molecule has 2 aliphatic rings. The zero-order valence-electron chi connectivity index (χ0n) is 10.1. The van der Waals surface area contributed by atoms with Crippen LogP contribution in [0.15, 0.2) is 40.9 Å². The minimum absolute atomic E-state index is 0.0360. The van der Waals surface area contributed by atoms with Gasteiger partial charge in [0.05, 0.1) is 12.0 Å². The molecule has 0 unspecified atom stereocenters. The smallest absolute Gasteiger partial charge is 0.313 e. The van der Waals surface area contributed by atoms with E-state index in [1.54, 1.807) is 0 Å². The highest BCUT2D eigenvalue weighted by molar-refractivity contribution is 9.10. The highest BCUT2D eigenvalue weighted by atomic mass is 79.9. The van der Waals surface area contributed by atoms with Crippen molar-refractivity contribution in [3.63, 3.8) is 0 Å². The number of ether oxygens (including phenoxy) is 1. The maximum absolute atomic E-state index is 12.1. The summed E-state index contributed by atoms with van der Waals surface area (Å²) in [5.74, 6) is 0.280. The minimum atomic E-state index is -0.349. The van der Waals surface area contributed by atoms with E-state index in [2.05, 4.69) is 34.6 Å². The van der Waals surface area contributed by atoms with E-state index in [9.17, 15) is 4.79 Å². The Balaban J connectivity index is 1.94. The quantitative estimate of drug-likeness (QED) is 0.617. The van der Waals surface area contributed by atoms with E-state index < -0.39 is 0 Å². The average molecular weight is 307 g/mol. The molecule has 0 bridgehead atoms. The molecule has 0 spiro atoms. The van der Waals surface area contributed by atoms with Crippen LogP contribution in [-0.2, 0) is 16.0 Å². The van der Waals surface area contributed by atoms with Gasteiger partial charge in [-0.25, -0.2) is 0 Å². The highest BCUT2D eigenvalue weighted by Crippen LogP contribution is 2.52. The van der Waals surface area contributed by atoms with Crippen LogP contribution in [0.1, 0.15) is 18.4 Å². The summed E-state index contributed by atoms with van der Waals surface area (Å²) < 4.78 is 6.33. The molecule has 18 heavy (non-hydrogen) atoms. The first-order valence-corrected chi connectivity index (χ1v) is 6.98. The molecule has 94 valence electrons. The normalized spacial score (nSPS) is 30.4. The van der Waals surface area contributed by atoms with Gasteiger partial charge < -0.3 is 4.74 Å². The lowest BCUT2D eigenvalue weighted by Crippen LogP contribution is -2.31. The van der Waals surface area contributed by atoms with Crippen molar-refractivity contribution in [2.24, 2.45) is 11.3 Å². The molecule has 3 heteroatoms. The van der Waals surface area contributed by atoms with Crippen molar-refractivity contribution in [2.75, 3.05) is 6.61 Å². The van der Waals surface area contributed by atoms with Crippen LogP contribution in [0.5, 0.6) is 0 Å². The van der Waals surface area contributed by atoms with E-state index >= 15 is 0 Å². The van der Waals surface area contributed by atoms with Gasteiger partial charge in [-0.2, -0.15) is 0 Å². The predicted molar refractivity (Wildman–Crippen MR) is 73.1 cm³/mol. The number of benzene rings is 1. The molecular formula is C15H15BrO2. The molecule has 0 amide bonds. The van der Waals surface area contributed by atoms with Crippen molar-refractivity contribution in [1.29, 1.82) is 0 Å². The molecule has 2 fully saturated rings. The number of carbonyl (C=O) groups excluding carboxylic acids is 1. The Morgan fingerprint density at radius 1 is 1.50 bits per heavy atom. The molecule has 1 saturated heterocycles. The topological polar surface area (TPSA) is 26.3 Å².